The van der Waals surface area contributed by atoms with Crippen LogP contribution in [-0.2, 0) is 17.8 Å². The Labute approximate surface area is 166 Å². The summed E-state index contributed by atoms with van der Waals surface area (Å²) in [4.78, 5) is 17.0. The Bertz CT molecular complexity index is 1220. The minimum atomic E-state index is -0.453. The van der Waals surface area contributed by atoms with Gasteiger partial charge in [-0.3, -0.25) is 4.40 Å². The Balaban J connectivity index is 1.31. The van der Waals surface area contributed by atoms with E-state index in [0.29, 0.717) is 28.5 Å². The van der Waals surface area contributed by atoms with Crippen LogP contribution in [0.3, 0.4) is 0 Å². The summed E-state index contributed by atoms with van der Waals surface area (Å²) in [6.07, 6.45) is 2.89. The lowest BCUT2D eigenvalue weighted by Gasteiger charge is -2.03. The van der Waals surface area contributed by atoms with Crippen LogP contribution in [0, 0.1) is 6.92 Å². The highest BCUT2D eigenvalue weighted by atomic mass is 16.5. The van der Waals surface area contributed by atoms with Gasteiger partial charge in [0.15, 0.2) is 11.5 Å². The van der Waals surface area contributed by atoms with Gasteiger partial charge < -0.3 is 14.0 Å². The normalized spacial score (nSPS) is 15.3. The van der Waals surface area contributed by atoms with Gasteiger partial charge in [-0.1, -0.05) is 23.4 Å². The number of imidazole rings is 1. The quantitative estimate of drug-likeness (QED) is 0.491. The maximum Gasteiger partial charge on any atom is 0.357 e. The van der Waals surface area contributed by atoms with Gasteiger partial charge in [-0.15, -0.1) is 0 Å². The van der Waals surface area contributed by atoms with Crippen molar-refractivity contribution in [3.63, 3.8) is 0 Å². The van der Waals surface area contributed by atoms with Crippen LogP contribution in [0.25, 0.3) is 17.0 Å². The Morgan fingerprint density at radius 1 is 1.28 bits per heavy atom. The zero-order chi connectivity index (χ0) is 20.0. The Hall–Kier alpha value is -3.61. The van der Waals surface area contributed by atoms with Crippen LogP contribution in [0.2, 0.25) is 0 Å². The number of hydrogen-bond acceptors (Lipinski definition) is 6. The first-order valence-electron chi connectivity index (χ1n) is 9.45. The molecular formula is C22H19N3O4. The molecule has 0 amide bonds. The van der Waals surface area contributed by atoms with Gasteiger partial charge in [-0.25, -0.2) is 9.78 Å². The lowest BCUT2D eigenvalue weighted by molar-refractivity contribution is 0.0455. The SMILES string of the molecule is Cc1nc2ccccn2c1C(=O)OCc1cc(-c2ccc3c(c2)OC(C)C3)on1. The number of benzene rings is 1. The minimum Gasteiger partial charge on any atom is -0.490 e. The predicted octanol–water partition coefficient (Wildman–Crippen LogP) is 3.98. The molecule has 0 aliphatic carbocycles. The number of hydrogen-bond donors (Lipinski definition) is 0. The molecule has 4 aromatic rings. The molecule has 0 radical (unpaired) electrons. The largest absolute Gasteiger partial charge is 0.490 e. The fraction of sp³-hybridized carbons (Fsp3) is 0.227. The van der Waals surface area contributed by atoms with Crippen LogP contribution in [0.1, 0.15) is 34.4 Å². The molecule has 1 unspecified atom stereocenters. The van der Waals surface area contributed by atoms with Crippen molar-refractivity contribution in [2.45, 2.75) is 33.0 Å². The number of carbonyl (C=O) groups is 1. The molecule has 7 heteroatoms. The molecule has 29 heavy (non-hydrogen) atoms. The van der Waals surface area contributed by atoms with E-state index >= 15 is 0 Å². The minimum absolute atomic E-state index is 0.0142. The van der Waals surface area contributed by atoms with E-state index in [0.717, 1.165) is 17.7 Å². The molecule has 0 saturated heterocycles. The topological polar surface area (TPSA) is 78.9 Å². The van der Waals surface area contributed by atoms with Crippen molar-refractivity contribution < 1.29 is 18.8 Å². The Morgan fingerprint density at radius 3 is 3.07 bits per heavy atom. The summed E-state index contributed by atoms with van der Waals surface area (Å²) in [7, 11) is 0. The van der Waals surface area contributed by atoms with Gasteiger partial charge >= 0.3 is 5.97 Å². The number of carbonyl (C=O) groups excluding carboxylic acids is 1. The molecule has 1 aliphatic heterocycles. The lowest BCUT2D eigenvalue weighted by atomic mass is 10.1. The van der Waals surface area contributed by atoms with Gasteiger partial charge in [-0.05, 0) is 37.6 Å². The fourth-order valence-electron chi connectivity index (χ4n) is 3.64. The highest BCUT2D eigenvalue weighted by Gasteiger charge is 2.21. The number of aryl methyl sites for hydroxylation is 1. The highest BCUT2D eigenvalue weighted by molar-refractivity contribution is 5.90. The van der Waals surface area contributed by atoms with Crippen LogP contribution in [0.4, 0.5) is 0 Å². The van der Waals surface area contributed by atoms with Gasteiger partial charge in [-0.2, -0.15) is 0 Å². The molecule has 0 saturated carbocycles. The first-order valence-corrected chi connectivity index (χ1v) is 9.45. The molecule has 1 aliphatic rings. The van der Waals surface area contributed by atoms with E-state index in [9.17, 15) is 4.79 Å². The van der Waals surface area contributed by atoms with E-state index < -0.39 is 5.97 Å². The third kappa shape index (κ3) is 3.14. The first kappa shape index (κ1) is 17.5. The van der Waals surface area contributed by atoms with Gasteiger partial charge in [0.1, 0.15) is 29.8 Å². The van der Waals surface area contributed by atoms with E-state index in [1.165, 1.54) is 5.56 Å². The second kappa shape index (κ2) is 6.77. The molecule has 0 bridgehead atoms. The van der Waals surface area contributed by atoms with Crippen LogP contribution < -0.4 is 4.74 Å². The summed E-state index contributed by atoms with van der Waals surface area (Å²) in [6.45, 7) is 3.85. The number of ether oxygens (including phenoxy) is 2. The highest BCUT2D eigenvalue weighted by Crippen LogP contribution is 2.33. The van der Waals surface area contributed by atoms with Crippen molar-refractivity contribution in [3.8, 4) is 17.1 Å². The first-order chi connectivity index (χ1) is 14.1. The van der Waals surface area contributed by atoms with Crippen molar-refractivity contribution in [1.82, 2.24) is 14.5 Å². The molecule has 1 aromatic carbocycles. The fourth-order valence-corrected chi connectivity index (χ4v) is 3.64. The molecule has 0 spiro atoms. The number of nitrogens with zero attached hydrogens (tertiary/aromatic N) is 3. The molecular weight excluding hydrogens is 370 g/mol. The lowest BCUT2D eigenvalue weighted by Crippen LogP contribution is -2.09. The van der Waals surface area contributed by atoms with Crippen molar-refractivity contribution in [2.75, 3.05) is 0 Å². The predicted molar refractivity (Wildman–Crippen MR) is 105 cm³/mol. The second-order valence-electron chi connectivity index (χ2n) is 7.19. The maximum atomic E-state index is 12.6. The second-order valence-corrected chi connectivity index (χ2v) is 7.19. The Kier molecular flexibility index (Phi) is 4.08. The average Bonchev–Trinajstić information content (AvgIpc) is 3.40. The monoisotopic (exact) mass is 389 g/mol. The number of fused-ring (bicyclic) bond motifs is 2. The summed E-state index contributed by atoms with van der Waals surface area (Å²) in [5.74, 6) is 1.03. The van der Waals surface area contributed by atoms with Crippen molar-refractivity contribution in [1.29, 1.82) is 0 Å². The third-order valence-corrected chi connectivity index (χ3v) is 4.99. The van der Waals surface area contributed by atoms with Crippen molar-refractivity contribution in [3.05, 3.63) is 71.3 Å². The summed E-state index contributed by atoms with van der Waals surface area (Å²) in [6, 6.07) is 13.3. The van der Waals surface area contributed by atoms with Crippen LogP contribution in [0.5, 0.6) is 5.75 Å². The van der Waals surface area contributed by atoms with Crippen LogP contribution >= 0.6 is 0 Å². The number of aromatic nitrogens is 3. The average molecular weight is 389 g/mol. The van der Waals surface area contributed by atoms with Crippen molar-refractivity contribution in [2.24, 2.45) is 0 Å². The molecule has 4 heterocycles. The van der Waals surface area contributed by atoms with Gasteiger partial charge in [0.2, 0.25) is 0 Å². The molecule has 7 nitrogen and oxygen atoms in total. The van der Waals surface area contributed by atoms with E-state index in [4.69, 9.17) is 14.0 Å². The molecule has 0 N–H and O–H groups in total. The summed E-state index contributed by atoms with van der Waals surface area (Å²) < 4.78 is 18.4. The van der Waals surface area contributed by atoms with Crippen molar-refractivity contribution >= 4 is 11.6 Å². The Morgan fingerprint density at radius 2 is 2.17 bits per heavy atom. The molecule has 3 aromatic heterocycles. The maximum absolute atomic E-state index is 12.6. The van der Waals surface area contributed by atoms with E-state index in [2.05, 4.69) is 10.1 Å². The summed E-state index contributed by atoms with van der Waals surface area (Å²) in [5.41, 5.74) is 4.34. The zero-order valence-electron chi connectivity index (χ0n) is 16.1. The standard InChI is InChI=1S/C22H19N3O4/c1-13-9-15-6-7-16(10-18(15)28-13)19-11-17(24-29-19)12-27-22(26)21-14(2)23-20-5-3-4-8-25(20)21/h3-8,10-11,13H,9,12H2,1-2H3. The number of esters is 1. The smallest absolute Gasteiger partial charge is 0.357 e. The zero-order valence-corrected chi connectivity index (χ0v) is 16.1. The molecule has 146 valence electrons. The van der Waals surface area contributed by atoms with E-state index in [-0.39, 0.29) is 12.7 Å². The molecule has 1 atom stereocenters. The molecule has 0 fully saturated rings. The number of pyridine rings is 1. The van der Waals surface area contributed by atoms with Gasteiger partial charge in [0.05, 0.1) is 5.69 Å². The third-order valence-electron chi connectivity index (χ3n) is 4.99. The van der Waals surface area contributed by atoms with Gasteiger partial charge in [0, 0.05) is 24.2 Å². The van der Waals surface area contributed by atoms with Crippen LogP contribution in [-0.4, -0.2) is 26.6 Å². The van der Waals surface area contributed by atoms with E-state index in [1.54, 1.807) is 23.6 Å². The summed E-state index contributed by atoms with van der Waals surface area (Å²) in [5, 5.41) is 4.02. The summed E-state index contributed by atoms with van der Waals surface area (Å²) >= 11 is 0. The van der Waals surface area contributed by atoms with Gasteiger partial charge in [0.25, 0.3) is 0 Å². The molecule has 5 rings (SSSR count). The van der Waals surface area contributed by atoms with Crippen LogP contribution in [0.15, 0.2) is 53.2 Å². The van der Waals surface area contributed by atoms with E-state index in [1.807, 2.05) is 43.3 Å². The number of rotatable bonds is 4.